The van der Waals surface area contributed by atoms with Crippen molar-refractivity contribution in [3.05, 3.63) is 86.6 Å². The number of imidazole rings is 1. The Morgan fingerprint density at radius 3 is 2.53 bits per heavy atom. The molecule has 2 aromatic heterocycles. The molecule has 9 heteroatoms. The van der Waals surface area contributed by atoms with Crippen LogP contribution in [-0.4, -0.2) is 31.9 Å². The van der Waals surface area contributed by atoms with E-state index in [2.05, 4.69) is 20.5 Å². The molecule has 0 aliphatic heterocycles. The van der Waals surface area contributed by atoms with E-state index in [0.29, 0.717) is 30.1 Å². The van der Waals surface area contributed by atoms with E-state index in [-0.39, 0.29) is 0 Å². The lowest BCUT2D eigenvalue weighted by Gasteiger charge is -2.09. The van der Waals surface area contributed by atoms with E-state index in [4.69, 9.17) is 4.74 Å². The quantitative estimate of drug-likeness (QED) is 0.345. The van der Waals surface area contributed by atoms with Gasteiger partial charge in [-0.25, -0.2) is 10.2 Å². The second kappa shape index (κ2) is 8.93. The third kappa shape index (κ3) is 4.18. The first-order valence-corrected chi connectivity index (χ1v) is 10.2. The molecule has 9 nitrogen and oxygen atoms in total. The lowest BCUT2D eigenvalue weighted by molar-refractivity contribution is 0.414. The molecule has 0 spiro atoms. The van der Waals surface area contributed by atoms with E-state index < -0.39 is 11.2 Å². The van der Waals surface area contributed by atoms with Gasteiger partial charge in [-0.15, -0.1) is 0 Å². The highest BCUT2D eigenvalue weighted by atomic mass is 16.5. The van der Waals surface area contributed by atoms with Crippen molar-refractivity contribution in [2.24, 2.45) is 12.1 Å². The summed E-state index contributed by atoms with van der Waals surface area (Å²) in [5.74, 6) is 1.16. The fourth-order valence-corrected chi connectivity index (χ4v) is 3.45. The highest BCUT2D eigenvalue weighted by molar-refractivity contribution is 5.99. The number of aryl methyl sites for hydroxylation is 3. The fourth-order valence-electron chi connectivity index (χ4n) is 3.45. The largest absolute Gasteiger partial charge is 0.497 e. The summed E-state index contributed by atoms with van der Waals surface area (Å²) >= 11 is 0. The molecule has 0 saturated carbocycles. The van der Waals surface area contributed by atoms with Crippen molar-refractivity contribution >= 4 is 22.8 Å². The number of rotatable bonds is 7. The number of H-pyrrole nitrogens is 1. The standard InChI is InChI=1S/C23H24N6O3/c1-15(17-7-5-4-6-8-17)26-27-22-24-20-19(21(30)25-23(31)28(20)2)29(22)14-13-16-9-11-18(32-3)12-10-16/h4-12H,13-14H2,1-3H3,(H,24,27)(H,25,30,31)/b26-15+. The first-order valence-electron chi connectivity index (χ1n) is 10.2. The summed E-state index contributed by atoms with van der Waals surface area (Å²) in [6.07, 6.45) is 0.647. The summed E-state index contributed by atoms with van der Waals surface area (Å²) < 4.78 is 8.28. The third-order valence-corrected chi connectivity index (χ3v) is 5.31. The molecule has 0 saturated heterocycles. The molecule has 4 rings (SSSR count). The van der Waals surface area contributed by atoms with Gasteiger partial charge in [0, 0.05) is 13.6 Å². The zero-order valence-corrected chi connectivity index (χ0v) is 18.1. The molecule has 2 N–H and O–H groups in total. The number of hydrazone groups is 1. The number of aromatic amines is 1. The van der Waals surface area contributed by atoms with Crippen molar-refractivity contribution in [3.8, 4) is 5.75 Å². The van der Waals surface area contributed by atoms with Crippen molar-refractivity contribution < 1.29 is 4.74 Å². The molecule has 0 fully saturated rings. The molecule has 0 amide bonds. The number of fused-ring (bicyclic) bond motifs is 1. The Balaban J connectivity index is 1.72. The lowest BCUT2D eigenvalue weighted by Crippen LogP contribution is -2.29. The average molecular weight is 432 g/mol. The minimum absolute atomic E-state index is 0.295. The van der Waals surface area contributed by atoms with Gasteiger partial charge in [0.1, 0.15) is 5.75 Å². The maximum absolute atomic E-state index is 12.6. The first kappa shape index (κ1) is 21.1. The fraction of sp³-hybridized carbons (Fsp3) is 0.217. The molecule has 0 aliphatic carbocycles. The molecule has 0 radical (unpaired) electrons. The monoisotopic (exact) mass is 432 g/mol. The molecule has 164 valence electrons. The highest BCUT2D eigenvalue weighted by Gasteiger charge is 2.17. The minimum Gasteiger partial charge on any atom is -0.497 e. The van der Waals surface area contributed by atoms with Crippen LogP contribution in [0.4, 0.5) is 5.95 Å². The number of nitrogens with one attached hydrogen (secondary N) is 2. The Kier molecular flexibility index (Phi) is 5.89. The maximum Gasteiger partial charge on any atom is 0.329 e. The normalized spacial score (nSPS) is 11.7. The summed E-state index contributed by atoms with van der Waals surface area (Å²) in [5.41, 5.74) is 5.39. The van der Waals surface area contributed by atoms with Crippen LogP contribution in [0.15, 0.2) is 69.3 Å². The van der Waals surface area contributed by atoms with E-state index in [1.54, 1.807) is 18.7 Å². The van der Waals surface area contributed by atoms with E-state index in [0.717, 1.165) is 22.6 Å². The number of hydrogen-bond acceptors (Lipinski definition) is 6. The van der Waals surface area contributed by atoms with Gasteiger partial charge in [-0.3, -0.25) is 14.3 Å². The van der Waals surface area contributed by atoms with E-state index >= 15 is 0 Å². The number of hydrogen-bond donors (Lipinski definition) is 2. The van der Waals surface area contributed by atoms with Crippen molar-refractivity contribution in [1.29, 1.82) is 0 Å². The van der Waals surface area contributed by atoms with Gasteiger partial charge in [0.25, 0.3) is 5.56 Å². The maximum atomic E-state index is 12.6. The Morgan fingerprint density at radius 1 is 1.12 bits per heavy atom. The van der Waals surface area contributed by atoms with Gasteiger partial charge >= 0.3 is 5.69 Å². The molecule has 2 heterocycles. The Hall–Kier alpha value is -4.14. The second-order valence-corrected chi connectivity index (χ2v) is 7.35. The SMILES string of the molecule is COc1ccc(CCn2c(N/N=C(\C)c3ccccc3)nc3c2c(=O)[nH]c(=O)n3C)cc1. The van der Waals surface area contributed by atoms with Gasteiger partial charge in [0.05, 0.1) is 12.8 Å². The zero-order valence-electron chi connectivity index (χ0n) is 18.1. The number of methoxy groups -OCH3 is 1. The summed E-state index contributed by atoms with van der Waals surface area (Å²) in [6.45, 7) is 2.35. The third-order valence-electron chi connectivity index (χ3n) is 5.31. The molecule has 0 aliphatic rings. The first-order chi connectivity index (χ1) is 15.5. The Bertz CT molecular complexity index is 1380. The Labute approximate surface area is 184 Å². The number of nitrogens with zero attached hydrogens (tertiary/aromatic N) is 4. The molecule has 2 aromatic carbocycles. The Morgan fingerprint density at radius 2 is 1.84 bits per heavy atom. The van der Waals surface area contributed by atoms with Crippen molar-refractivity contribution in [1.82, 2.24) is 19.1 Å². The molecule has 4 aromatic rings. The lowest BCUT2D eigenvalue weighted by atomic mass is 10.1. The molecule has 0 atom stereocenters. The summed E-state index contributed by atoms with van der Waals surface area (Å²) in [6, 6.07) is 17.5. The van der Waals surface area contributed by atoms with Crippen LogP contribution in [0, 0.1) is 0 Å². The predicted molar refractivity (Wildman–Crippen MR) is 125 cm³/mol. The molecular weight excluding hydrogens is 408 g/mol. The molecule has 0 bridgehead atoms. The van der Waals surface area contributed by atoms with E-state index in [1.807, 2.05) is 61.5 Å². The van der Waals surface area contributed by atoms with Gasteiger partial charge in [-0.2, -0.15) is 10.1 Å². The molecule has 32 heavy (non-hydrogen) atoms. The van der Waals surface area contributed by atoms with Crippen molar-refractivity contribution in [2.45, 2.75) is 19.9 Å². The number of anilines is 1. The highest BCUT2D eigenvalue weighted by Crippen LogP contribution is 2.18. The molecular formula is C23H24N6O3. The zero-order chi connectivity index (χ0) is 22.7. The van der Waals surface area contributed by atoms with Gasteiger partial charge in [-0.1, -0.05) is 42.5 Å². The minimum atomic E-state index is -0.516. The van der Waals surface area contributed by atoms with Crippen molar-refractivity contribution in [2.75, 3.05) is 12.5 Å². The van der Waals surface area contributed by atoms with Gasteiger partial charge in [-0.05, 0) is 36.6 Å². The van der Waals surface area contributed by atoms with Gasteiger partial charge in [0.2, 0.25) is 5.95 Å². The van der Waals surface area contributed by atoms with Crippen LogP contribution in [0.3, 0.4) is 0 Å². The van der Waals surface area contributed by atoms with Crippen molar-refractivity contribution in [3.63, 3.8) is 0 Å². The predicted octanol–water partition coefficient (Wildman–Crippen LogP) is 2.51. The van der Waals surface area contributed by atoms with Crippen LogP contribution < -0.4 is 21.4 Å². The summed E-state index contributed by atoms with van der Waals surface area (Å²) in [4.78, 5) is 31.6. The van der Waals surface area contributed by atoms with Crippen LogP contribution in [0.2, 0.25) is 0 Å². The van der Waals surface area contributed by atoms with Crippen LogP contribution in [-0.2, 0) is 20.0 Å². The molecule has 0 unspecified atom stereocenters. The number of ether oxygens (including phenoxy) is 1. The van der Waals surface area contributed by atoms with Crippen LogP contribution in [0.1, 0.15) is 18.1 Å². The van der Waals surface area contributed by atoms with E-state index in [1.165, 1.54) is 4.57 Å². The van der Waals surface area contributed by atoms with Gasteiger partial charge in [0.15, 0.2) is 11.2 Å². The van der Waals surface area contributed by atoms with Crippen LogP contribution in [0.25, 0.3) is 11.2 Å². The van der Waals surface area contributed by atoms with Crippen LogP contribution in [0.5, 0.6) is 5.75 Å². The van der Waals surface area contributed by atoms with Gasteiger partial charge < -0.3 is 9.30 Å². The number of benzene rings is 2. The second-order valence-electron chi connectivity index (χ2n) is 7.35. The topological polar surface area (TPSA) is 106 Å². The van der Waals surface area contributed by atoms with E-state index in [9.17, 15) is 9.59 Å². The average Bonchev–Trinajstić information content (AvgIpc) is 3.19. The summed E-state index contributed by atoms with van der Waals surface area (Å²) in [7, 11) is 3.20. The number of aromatic nitrogens is 4. The smallest absolute Gasteiger partial charge is 0.329 e. The summed E-state index contributed by atoms with van der Waals surface area (Å²) in [5, 5.41) is 4.45. The van der Waals surface area contributed by atoms with Crippen LogP contribution >= 0.6 is 0 Å².